The first-order valence-electron chi connectivity index (χ1n) is 7.03. The van der Waals surface area contributed by atoms with Crippen LogP contribution in [0.2, 0.25) is 0 Å². The van der Waals surface area contributed by atoms with Gasteiger partial charge in [0.25, 0.3) is 5.69 Å². The van der Waals surface area contributed by atoms with Gasteiger partial charge < -0.3 is 10.1 Å². The van der Waals surface area contributed by atoms with Gasteiger partial charge in [0, 0.05) is 23.4 Å². The Labute approximate surface area is 142 Å². The monoisotopic (exact) mass is 342 g/mol. The normalized spacial score (nSPS) is 10.3. The van der Waals surface area contributed by atoms with Crippen LogP contribution in [0, 0.1) is 10.1 Å². The van der Waals surface area contributed by atoms with Crippen molar-refractivity contribution in [3.05, 3.63) is 64.2 Å². The third-order valence-electron chi connectivity index (χ3n) is 3.05. The highest BCUT2D eigenvalue weighted by molar-refractivity contribution is 6.39. The first-order chi connectivity index (χ1) is 12.0. The number of non-ortho nitro benzene ring substituents is 1. The fourth-order valence-corrected chi connectivity index (χ4v) is 1.84. The van der Waals surface area contributed by atoms with E-state index in [2.05, 4.69) is 15.8 Å². The Morgan fingerprint density at radius 1 is 1.12 bits per heavy atom. The van der Waals surface area contributed by atoms with Crippen LogP contribution < -0.4 is 15.5 Å². The van der Waals surface area contributed by atoms with Crippen LogP contribution in [0.4, 0.5) is 11.4 Å². The second-order valence-corrected chi connectivity index (χ2v) is 4.70. The molecule has 2 aromatic rings. The number of ether oxygens (including phenoxy) is 1. The Morgan fingerprint density at radius 3 is 2.44 bits per heavy atom. The lowest BCUT2D eigenvalue weighted by atomic mass is 10.2. The molecule has 2 rings (SSSR count). The molecule has 128 valence electrons. The number of anilines is 1. The molecule has 0 aliphatic rings. The number of hydrogen-bond donors (Lipinski definition) is 2. The van der Waals surface area contributed by atoms with Gasteiger partial charge in [0.15, 0.2) is 0 Å². The summed E-state index contributed by atoms with van der Waals surface area (Å²) in [5.74, 6) is -1.37. The number of carbonyl (C=O) groups excluding carboxylic acids is 2. The van der Waals surface area contributed by atoms with Gasteiger partial charge in [-0.15, -0.1) is 0 Å². The number of benzene rings is 2. The van der Waals surface area contributed by atoms with E-state index in [1.54, 1.807) is 24.3 Å². The first kappa shape index (κ1) is 17.6. The number of hydrazone groups is 1. The zero-order chi connectivity index (χ0) is 18.2. The second kappa shape index (κ2) is 8.20. The minimum Gasteiger partial charge on any atom is -0.496 e. The molecule has 0 aliphatic carbocycles. The number of nitro groups is 1. The number of hydrogen-bond acceptors (Lipinski definition) is 6. The van der Waals surface area contributed by atoms with Crippen LogP contribution in [0.3, 0.4) is 0 Å². The third-order valence-corrected chi connectivity index (χ3v) is 3.05. The smallest absolute Gasteiger partial charge is 0.329 e. The summed E-state index contributed by atoms with van der Waals surface area (Å²) in [5, 5.41) is 16.6. The summed E-state index contributed by atoms with van der Waals surface area (Å²) in [6, 6.07) is 12.1. The Bertz CT molecular complexity index is 818. The lowest BCUT2D eigenvalue weighted by molar-refractivity contribution is -0.384. The van der Waals surface area contributed by atoms with Crippen molar-refractivity contribution in [1.29, 1.82) is 0 Å². The van der Waals surface area contributed by atoms with Crippen molar-refractivity contribution in [2.45, 2.75) is 0 Å². The average Bonchev–Trinajstić information content (AvgIpc) is 2.62. The molecule has 2 aromatic carbocycles. The molecule has 0 aliphatic heterocycles. The molecule has 0 saturated carbocycles. The number of nitrogens with one attached hydrogen (secondary N) is 2. The summed E-state index contributed by atoms with van der Waals surface area (Å²) in [4.78, 5) is 33.4. The number of nitro benzene ring substituents is 1. The van der Waals surface area contributed by atoms with E-state index < -0.39 is 16.7 Å². The highest BCUT2D eigenvalue weighted by Gasteiger charge is 2.13. The van der Waals surface area contributed by atoms with Crippen LogP contribution >= 0.6 is 0 Å². The molecule has 2 amide bonds. The molecule has 0 atom stereocenters. The fourth-order valence-electron chi connectivity index (χ4n) is 1.84. The van der Waals surface area contributed by atoms with Crippen LogP contribution in [0.5, 0.6) is 5.75 Å². The van der Waals surface area contributed by atoms with Gasteiger partial charge in [0.05, 0.1) is 18.2 Å². The van der Waals surface area contributed by atoms with Crippen LogP contribution in [0.25, 0.3) is 0 Å². The van der Waals surface area contributed by atoms with E-state index >= 15 is 0 Å². The molecule has 0 aromatic heterocycles. The molecule has 0 unspecified atom stereocenters. The van der Waals surface area contributed by atoms with Gasteiger partial charge in [-0.2, -0.15) is 5.10 Å². The van der Waals surface area contributed by atoms with Crippen molar-refractivity contribution in [1.82, 2.24) is 5.43 Å². The lowest BCUT2D eigenvalue weighted by Crippen LogP contribution is -2.32. The van der Waals surface area contributed by atoms with E-state index in [1.165, 1.54) is 37.6 Å². The predicted octanol–water partition coefficient (Wildman–Crippen LogP) is 1.69. The quantitative estimate of drug-likeness (QED) is 0.370. The van der Waals surface area contributed by atoms with Crippen LogP contribution in [-0.4, -0.2) is 30.1 Å². The number of rotatable bonds is 5. The molecule has 0 fully saturated rings. The Balaban J connectivity index is 1.93. The molecule has 0 heterocycles. The third kappa shape index (κ3) is 4.86. The number of carbonyl (C=O) groups is 2. The summed E-state index contributed by atoms with van der Waals surface area (Å²) in [7, 11) is 1.50. The number of amides is 2. The second-order valence-electron chi connectivity index (χ2n) is 4.70. The van der Waals surface area contributed by atoms with Crippen molar-refractivity contribution in [2.75, 3.05) is 12.4 Å². The summed E-state index contributed by atoms with van der Waals surface area (Å²) in [5.41, 5.74) is 2.84. The van der Waals surface area contributed by atoms with Gasteiger partial charge in [0.1, 0.15) is 5.75 Å². The molecule has 0 spiro atoms. The lowest BCUT2D eigenvalue weighted by Gasteiger charge is -2.04. The zero-order valence-electron chi connectivity index (χ0n) is 13.1. The average molecular weight is 342 g/mol. The zero-order valence-corrected chi connectivity index (χ0v) is 13.1. The van der Waals surface area contributed by atoms with E-state index in [0.717, 1.165) is 0 Å². The minimum absolute atomic E-state index is 0.121. The van der Waals surface area contributed by atoms with Crippen molar-refractivity contribution in [2.24, 2.45) is 5.10 Å². The molecular weight excluding hydrogens is 328 g/mol. The molecule has 25 heavy (non-hydrogen) atoms. The largest absolute Gasteiger partial charge is 0.496 e. The molecule has 0 saturated heterocycles. The maximum absolute atomic E-state index is 11.7. The maximum atomic E-state index is 11.7. The summed E-state index contributed by atoms with van der Waals surface area (Å²) in [6.45, 7) is 0. The Hall–Kier alpha value is -3.75. The van der Waals surface area contributed by atoms with Crippen LogP contribution in [0.1, 0.15) is 5.56 Å². The molecule has 2 N–H and O–H groups in total. The van der Waals surface area contributed by atoms with Crippen LogP contribution in [-0.2, 0) is 9.59 Å². The molecule has 9 heteroatoms. The van der Waals surface area contributed by atoms with Gasteiger partial charge in [-0.25, -0.2) is 5.43 Å². The van der Waals surface area contributed by atoms with Crippen molar-refractivity contribution in [3.63, 3.8) is 0 Å². The summed E-state index contributed by atoms with van der Waals surface area (Å²) in [6.07, 6.45) is 1.34. The van der Waals surface area contributed by atoms with E-state index in [4.69, 9.17) is 4.74 Å². The van der Waals surface area contributed by atoms with Gasteiger partial charge >= 0.3 is 11.8 Å². The van der Waals surface area contributed by atoms with Crippen molar-refractivity contribution >= 4 is 29.4 Å². The van der Waals surface area contributed by atoms with Gasteiger partial charge in [-0.3, -0.25) is 19.7 Å². The standard InChI is InChI=1S/C16H14N4O5/c1-25-14-5-3-2-4-11(14)10-17-19-16(22)15(21)18-12-6-8-13(9-7-12)20(23)24/h2-10H,1H3,(H,18,21)(H,19,22)/b17-10-. The Kier molecular flexibility index (Phi) is 5.77. The highest BCUT2D eigenvalue weighted by Crippen LogP contribution is 2.15. The molecule has 9 nitrogen and oxygen atoms in total. The maximum Gasteiger partial charge on any atom is 0.329 e. The van der Waals surface area contributed by atoms with Gasteiger partial charge in [-0.1, -0.05) is 12.1 Å². The van der Waals surface area contributed by atoms with Crippen molar-refractivity contribution < 1.29 is 19.2 Å². The topological polar surface area (TPSA) is 123 Å². The van der Waals surface area contributed by atoms with Gasteiger partial charge in [0.2, 0.25) is 0 Å². The van der Waals surface area contributed by atoms with Gasteiger partial charge in [-0.05, 0) is 24.3 Å². The predicted molar refractivity (Wildman–Crippen MR) is 90.5 cm³/mol. The van der Waals surface area contributed by atoms with Crippen molar-refractivity contribution in [3.8, 4) is 5.75 Å². The van der Waals surface area contributed by atoms with Crippen LogP contribution in [0.15, 0.2) is 53.6 Å². The fraction of sp³-hybridized carbons (Fsp3) is 0.0625. The molecule has 0 radical (unpaired) electrons. The first-order valence-corrected chi connectivity index (χ1v) is 7.03. The Morgan fingerprint density at radius 2 is 1.80 bits per heavy atom. The van der Waals surface area contributed by atoms with E-state index in [9.17, 15) is 19.7 Å². The summed E-state index contributed by atoms with van der Waals surface area (Å²) >= 11 is 0. The number of methoxy groups -OCH3 is 1. The minimum atomic E-state index is -0.982. The SMILES string of the molecule is COc1ccccc1/C=N\NC(=O)C(=O)Nc1ccc([N+](=O)[O-])cc1. The van der Waals surface area contributed by atoms with E-state index in [1.807, 2.05) is 0 Å². The van der Waals surface area contributed by atoms with E-state index in [-0.39, 0.29) is 11.4 Å². The number of para-hydroxylation sites is 1. The highest BCUT2D eigenvalue weighted by atomic mass is 16.6. The number of nitrogens with zero attached hydrogens (tertiary/aromatic N) is 2. The van der Waals surface area contributed by atoms with E-state index in [0.29, 0.717) is 11.3 Å². The summed E-state index contributed by atoms with van der Waals surface area (Å²) < 4.78 is 5.12. The molecule has 0 bridgehead atoms. The molecular formula is C16H14N4O5.